The molecule has 0 unspecified atom stereocenters. The molecule has 0 heteroatoms. The molecule has 0 aliphatic rings. The highest BCUT2D eigenvalue weighted by molar-refractivity contribution is 5.56. The molecule has 2 rings (SSSR count). The molecule has 0 aliphatic carbocycles. The van der Waals surface area contributed by atoms with Crippen molar-refractivity contribution >= 4 is 12.2 Å². The summed E-state index contributed by atoms with van der Waals surface area (Å²) < 4.78 is 0. The molecule has 0 saturated heterocycles. The van der Waals surface area contributed by atoms with E-state index in [-0.39, 0.29) is 0 Å². The minimum atomic E-state index is 1.17. The molecular weight excluding hydrogens is 348 g/mol. The lowest BCUT2D eigenvalue weighted by Crippen LogP contribution is -1.86. The van der Waals surface area contributed by atoms with E-state index >= 15 is 0 Å². The van der Waals surface area contributed by atoms with E-state index in [1.165, 1.54) is 80.0 Å². The quantitative estimate of drug-likeness (QED) is 0.270. The number of allylic oxidation sites excluding steroid dienone is 2. The molecular formula is C29H36. The Balaban J connectivity index is 1.74. The number of aryl methyl sites for hydroxylation is 2. The number of hydrogen-bond acceptors (Lipinski definition) is 0. The Labute approximate surface area is 178 Å². The Kier molecular flexibility index (Phi) is 11.4. The van der Waals surface area contributed by atoms with E-state index in [1.54, 1.807) is 0 Å². The van der Waals surface area contributed by atoms with Gasteiger partial charge in [-0.25, -0.2) is 0 Å². The van der Waals surface area contributed by atoms with Crippen LogP contribution in [0.15, 0.2) is 60.7 Å². The zero-order chi connectivity index (χ0) is 20.6. The Morgan fingerprint density at radius 2 is 1.00 bits per heavy atom. The maximum Gasteiger partial charge on any atom is -0.0109 e. The number of rotatable bonds is 11. The minimum absolute atomic E-state index is 1.17. The molecule has 0 atom stereocenters. The second-order valence-corrected chi connectivity index (χ2v) is 7.71. The standard InChI is InChI=1S/C29H36/c1-3-5-7-8-11-15-27-22-24-29(25-23-27)17-13-10-9-12-16-28-20-18-26(19-21-28)14-6-4-2/h12-13,16-25H,3-8,11,14-15H2,1-2H3/b16-12+,17-13+. The van der Waals surface area contributed by atoms with Crippen molar-refractivity contribution in [3.8, 4) is 11.8 Å². The van der Waals surface area contributed by atoms with Gasteiger partial charge in [0.2, 0.25) is 0 Å². The van der Waals surface area contributed by atoms with Crippen molar-refractivity contribution in [1.29, 1.82) is 0 Å². The molecule has 0 aliphatic heterocycles. The molecule has 0 fully saturated rings. The first-order valence-electron chi connectivity index (χ1n) is 11.3. The topological polar surface area (TPSA) is 0 Å². The SMILES string of the molecule is CCCCCCCc1ccc(/C=C/C#C/C=C/c2ccc(CCCC)cc2)cc1. The van der Waals surface area contributed by atoms with Gasteiger partial charge < -0.3 is 0 Å². The molecule has 0 N–H and O–H groups in total. The number of benzene rings is 2. The van der Waals surface area contributed by atoms with Crippen LogP contribution < -0.4 is 0 Å². The third-order valence-electron chi connectivity index (χ3n) is 5.15. The van der Waals surface area contributed by atoms with E-state index in [9.17, 15) is 0 Å². The van der Waals surface area contributed by atoms with Crippen molar-refractivity contribution in [3.63, 3.8) is 0 Å². The molecule has 0 aromatic heterocycles. The predicted octanol–water partition coefficient (Wildman–Crippen LogP) is 8.27. The van der Waals surface area contributed by atoms with Gasteiger partial charge in [-0.3, -0.25) is 0 Å². The third-order valence-corrected chi connectivity index (χ3v) is 5.15. The minimum Gasteiger partial charge on any atom is -0.0702 e. The van der Waals surface area contributed by atoms with Crippen LogP contribution in [0.1, 0.15) is 81.0 Å². The van der Waals surface area contributed by atoms with Gasteiger partial charge in [-0.1, -0.05) is 106 Å². The van der Waals surface area contributed by atoms with Crippen LogP contribution in [0.2, 0.25) is 0 Å². The van der Waals surface area contributed by atoms with Gasteiger partial charge in [0.05, 0.1) is 0 Å². The lowest BCUT2D eigenvalue weighted by atomic mass is 10.0. The van der Waals surface area contributed by atoms with Crippen molar-refractivity contribution < 1.29 is 0 Å². The van der Waals surface area contributed by atoms with Crippen LogP contribution in [-0.2, 0) is 12.8 Å². The second kappa shape index (κ2) is 14.5. The van der Waals surface area contributed by atoms with Crippen LogP contribution in [0, 0.1) is 11.8 Å². The van der Waals surface area contributed by atoms with Crippen molar-refractivity contribution in [2.45, 2.75) is 71.6 Å². The third kappa shape index (κ3) is 10.00. The molecule has 0 bridgehead atoms. The van der Waals surface area contributed by atoms with E-state index in [4.69, 9.17) is 0 Å². The maximum atomic E-state index is 3.09. The van der Waals surface area contributed by atoms with Crippen LogP contribution >= 0.6 is 0 Å². The first-order valence-corrected chi connectivity index (χ1v) is 11.3. The highest BCUT2D eigenvalue weighted by atomic mass is 14.0. The fourth-order valence-corrected chi connectivity index (χ4v) is 3.28. The summed E-state index contributed by atoms with van der Waals surface area (Å²) in [4.78, 5) is 0. The summed E-state index contributed by atoms with van der Waals surface area (Å²) in [5.74, 6) is 6.19. The van der Waals surface area contributed by atoms with Gasteiger partial charge >= 0.3 is 0 Å². The first-order chi connectivity index (χ1) is 14.3. The van der Waals surface area contributed by atoms with Gasteiger partial charge in [-0.2, -0.15) is 0 Å². The largest absolute Gasteiger partial charge is 0.0702 e. The Morgan fingerprint density at radius 1 is 0.552 bits per heavy atom. The van der Waals surface area contributed by atoms with Crippen LogP contribution in [-0.4, -0.2) is 0 Å². The summed E-state index contributed by atoms with van der Waals surface area (Å²) in [7, 11) is 0. The summed E-state index contributed by atoms with van der Waals surface area (Å²) in [5, 5.41) is 0. The molecule has 0 amide bonds. The molecule has 2 aromatic carbocycles. The van der Waals surface area contributed by atoms with Gasteiger partial charge in [0.25, 0.3) is 0 Å². The highest BCUT2D eigenvalue weighted by Crippen LogP contribution is 2.11. The lowest BCUT2D eigenvalue weighted by molar-refractivity contribution is 0.632. The lowest BCUT2D eigenvalue weighted by Gasteiger charge is -2.02. The van der Waals surface area contributed by atoms with Crippen molar-refractivity contribution in [1.82, 2.24) is 0 Å². The summed E-state index contributed by atoms with van der Waals surface area (Å²) in [5.41, 5.74) is 5.27. The van der Waals surface area contributed by atoms with Crippen LogP contribution in [0.25, 0.3) is 12.2 Å². The Morgan fingerprint density at radius 3 is 1.48 bits per heavy atom. The summed E-state index contributed by atoms with van der Waals surface area (Å²) in [6.45, 7) is 4.50. The van der Waals surface area contributed by atoms with E-state index in [2.05, 4.69) is 86.4 Å². The number of unbranched alkanes of at least 4 members (excludes halogenated alkanes) is 5. The smallest absolute Gasteiger partial charge is 0.0109 e. The van der Waals surface area contributed by atoms with Gasteiger partial charge in [-0.05, 0) is 72.2 Å². The predicted molar refractivity (Wildman–Crippen MR) is 130 cm³/mol. The van der Waals surface area contributed by atoms with E-state index < -0.39 is 0 Å². The van der Waals surface area contributed by atoms with Crippen LogP contribution in [0.3, 0.4) is 0 Å². The Hall–Kier alpha value is -2.52. The molecule has 29 heavy (non-hydrogen) atoms. The van der Waals surface area contributed by atoms with Gasteiger partial charge in [0.15, 0.2) is 0 Å². The molecule has 0 radical (unpaired) electrons. The van der Waals surface area contributed by atoms with E-state index in [1.807, 2.05) is 12.2 Å². The fourth-order valence-electron chi connectivity index (χ4n) is 3.28. The molecule has 0 nitrogen and oxygen atoms in total. The fraction of sp³-hybridized carbons (Fsp3) is 0.379. The van der Waals surface area contributed by atoms with Gasteiger partial charge in [0.1, 0.15) is 0 Å². The zero-order valence-electron chi connectivity index (χ0n) is 18.3. The van der Waals surface area contributed by atoms with Crippen LogP contribution in [0.4, 0.5) is 0 Å². The van der Waals surface area contributed by atoms with Gasteiger partial charge in [-0.15, -0.1) is 0 Å². The maximum absolute atomic E-state index is 3.09. The van der Waals surface area contributed by atoms with E-state index in [0.717, 1.165) is 0 Å². The molecule has 0 saturated carbocycles. The van der Waals surface area contributed by atoms with E-state index in [0.29, 0.717) is 0 Å². The zero-order valence-corrected chi connectivity index (χ0v) is 18.3. The van der Waals surface area contributed by atoms with Crippen molar-refractivity contribution in [2.24, 2.45) is 0 Å². The molecule has 2 aromatic rings. The Bertz CT molecular complexity index is 792. The number of hydrogen-bond donors (Lipinski definition) is 0. The highest BCUT2D eigenvalue weighted by Gasteiger charge is 1.94. The first kappa shape index (κ1) is 22.8. The average Bonchev–Trinajstić information content (AvgIpc) is 2.76. The van der Waals surface area contributed by atoms with Crippen molar-refractivity contribution in [3.05, 3.63) is 82.9 Å². The average molecular weight is 385 g/mol. The summed E-state index contributed by atoms with van der Waals surface area (Å²) >= 11 is 0. The molecule has 0 spiro atoms. The second-order valence-electron chi connectivity index (χ2n) is 7.71. The molecule has 0 heterocycles. The summed E-state index contributed by atoms with van der Waals surface area (Å²) in [6, 6.07) is 17.7. The van der Waals surface area contributed by atoms with Crippen LogP contribution in [0.5, 0.6) is 0 Å². The monoisotopic (exact) mass is 384 g/mol. The summed E-state index contributed by atoms with van der Waals surface area (Å²) in [6.07, 6.45) is 19.6. The van der Waals surface area contributed by atoms with Crippen molar-refractivity contribution in [2.75, 3.05) is 0 Å². The van der Waals surface area contributed by atoms with Gasteiger partial charge in [0, 0.05) is 0 Å². The normalized spacial score (nSPS) is 11.1. The molecule has 152 valence electrons.